The molecule has 2 rings (SSSR count). The van der Waals surface area contributed by atoms with Gasteiger partial charge in [0, 0.05) is 30.7 Å². The zero-order chi connectivity index (χ0) is 12.3. The first-order chi connectivity index (χ1) is 8.19. The highest BCUT2D eigenvalue weighted by Gasteiger charge is 2.40. The summed E-state index contributed by atoms with van der Waals surface area (Å²) in [5.74, 6) is 0. The molecule has 2 fully saturated rings. The predicted octanol–water partition coefficient (Wildman–Crippen LogP) is 3.17. The van der Waals surface area contributed by atoms with E-state index in [-0.39, 0.29) is 0 Å². The van der Waals surface area contributed by atoms with Crippen LogP contribution in [0.15, 0.2) is 0 Å². The van der Waals surface area contributed by atoms with E-state index in [1.54, 1.807) is 0 Å². The van der Waals surface area contributed by atoms with Gasteiger partial charge in [-0.2, -0.15) is 0 Å². The lowest BCUT2D eigenvalue weighted by molar-refractivity contribution is 0.0106. The van der Waals surface area contributed by atoms with Crippen LogP contribution in [-0.4, -0.2) is 35.6 Å². The van der Waals surface area contributed by atoms with E-state index in [9.17, 15) is 0 Å². The quantitative estimate of drug-likeness (QED) is 0.809. The lowest BCUT2D eigenvalue weighted by Gasteiger charge is -2.51. The summed E-state index contributed by atoms with van der Waals surface area (Å²) < 4.78 is 0. The van der Waals surface area contributed by atoms with E-state index in [1.165, 1.54) is 58.0 Å². The standard InChI is InChI=1S/C15H30N2/c1-4-8-13-11-17(14-9-6-7-10-14)15(3,5-2)12-16-13/h13-14,16H,4-12H2,1-3H3. The van der Waals surface area contributed by atoms with Crippen molar-refractivity contribution in [3.8, 4) is 0 Å². The van der Waals surface area contributed by atoms with Crippen LogP contribution in [0.4, 0.5) is 0 Å². The Morgan fingerprint density at radius 3 is 2.53 bits per heavy atom. The Balaban J connectivity index is 2.04. The molecule has 2 aliphatic rings. The highest BCUT2D eigenvalue weighted by Crippen LogP contribution is 2.33. The Morgan fingerprint density at radius 2 is 1.94 bits per heavy atom. The van der Waals surface area contributed by atoms with Crippen LogP contribution in [0.25, 0.3) is 0 Å². The van der Waals surface area contributed by atoms with Crippen molar-refractivity contribution in [2.45, 2.75) is 83.3 Å². The summed E-state index contributed by atoms with van der Waals surface area (Å²) >= 11 is 0. The molecule has 0 radical (unpaired) electrons. The Hall–Kier alpha value is -0.0800. The lowest BCUT2D eigenvalue weighted by atomic mass is 9.89. The van der Waals surface area contributed by atoms with Gasteiger partial charge in [0.05, 0.1) is 0 Å². The first kappa shape index (κ1) is 13.4. The first-order valence-electron chi connectivity index (χ1n) is 7.69. The number of rotatable bonds is 4. The van der Waals surface area contributed by atoms with E-state index in [1.807, 2.05) is 0 Å². The minimum absolute atomic E-state index is 0.402. The van der Waals surface area contributed by atoms with Gasteiger partial charge in [-0.15, -0.1) is 0 Å². The monoisotopic (exact) mass is 238 g/mol. The summed E-state index contributed by atoms with van der Waals surface area (Å²) in [5.41, 5.74) is 0.402. The molecular formula is C15H30N2. The predicted molar refractivity (Wildman–Crippen MR) is 74.4 cm³/mol. The van der Waals surface area contributed by atoms with Gasteiger partial charge in [0.1, 0.15) is 0 Å². The molecule has 1 aliphatic carbocycles. The highest BCUT2D eigenvalue weighted by molar-refractivity contribution is 4.98. The number of piperazine rings is 1. The average Bonchev–Trinajstić information content (AvgIpc) is 2.85. The molecule has 0 bridgehead atoms. The summed E-state index contributed by atoms with van der Waals surface area (Å²) in [5, 5.41) is 3.77. The van der Waals surface area contributed by atoms with Crippen molar-refractivity contribution in [1.29, 1.82) is 0 Å². The van der Waals surface area contributed by atoms with Crippen molar-refractivity contribution in [3.63, 3.8) is 0 Å². The van der Waals surface area contributed by atoms with Crippen molar-refractivity contribution in [3.05, 3.63) is 0 Å². The van der Waals surface area contributed by atoms with Gasteiger partial charge >= 0.3 is 0 Å². The van der Waals surface area contributed by atoms with Crippen LogP contribution in [0.1, 0.15) is 65.7 Å². The number of hydrogen-bond acceptors (Lipinski definition) is 2. The SMILES string of the molecule is CCCC1CN(C2CCCC2)C(C)(CC)CN1. The fourth-order valence-corrected chi connectivity index (χ4v) is 3.66. The third kappa shape index (κ3) is 2.85. The molecule has 2 nitrogen and oxygen atoms in total. The molecule has 1 saturated carbocycles. The van der Waals surface area contributed by atoms with E-state index >= 15 is 0 Å². The molecule has 2 unspecified atom stereocenters. The van der Waals surface area contributed by atoms with Gasteiger partial charge in [0.25, 0.3) is 0 Å². The Bertz CT molecular complexity index is 235. The van der Waals surface area contributed by atoms with Gasteiger partial charge in [-0.1, -0.05) is 33.1 Å². The highest BCUT2D eigenvalue weighted by atomic mass is 15.3. The molecule has 100 valence electrons. The molecule has 1 N–H and O–H groups in total. The minimum atomic E-state index is 0.402. The van der Waals surface area contributed by atoms with Crippen LogP contribution in [-0.2, 0) is 0 Å². The molecule has 17 heavy (non-hydrogen) atoms. The Labute approximate surface area is 107 Å². The van der Waals surface area contributed by atoms with Gasteiger partial charge < -0.3 is 5.32 Å². The molecule has 0 aromatic rings. The second-order valence-corrected chi connectivity index (χ2v) is 6.31. The van der Waals surface area contributed by atoms with E-state index in [0.29, 0.717) is 5.54 Å². The topological polar surface area (TPSA) is 15.3 Å². The smallest absolute Gasteiger partial charge is 0.0306 e. The van der Waals surface area contributed by atoms with Crippen LogP contribution in [0, 0.1) is 0 Å². The minimum Gasteiger partial charge on any atom is -0.311 e. The fourth-order valence-electron chi connectivity index (χ4n) is 3.66. The number of hydrogen-bond donors (Lipinski definition) is 1. The molecule has 0 amide bonds. The first-order valence-corrected chi connectivity index (χ1v) is 7.69. The average molecular weight is 238 g/mol. The third-order valence-corrected chi connectivity index (χ3v) is 5.05. The maximum atomic E-state index is 3.77. The Kier molecular flexibility index (Phi) is 4.48. The molecule has 1 heterocycles. The van der Waals surface area contributed by atoms with E-state index in [4.69, 9.17) is 0 Å². The van der Waals surface area contributed by atoms with Crippen LogP contribution >= 0.6 is 0 Å². The third-order valence-electron chi connectivity index (χ3n) is 5.05. The Morgan fingerprint density at radius 1 is 1.24 bits per heavy atom. The maximum absolute atomic E-state index is 3.77. The van der Waals surface area contributed by atoms with Crippen LogP contribution in [0.5, 0.6) is 0 Å². The maximum Gasteiger partial charge on any atom is 0.0306 e. The molecule has 0 aromatic heterocycles. The molecule has 2 atom stereocenters. The lowest BCUT2D eigenvalue weighted by Crippen LogP contribution is -2.65. The van der Waals surface area contributed by atoms with Crippen molar-refractivity contribution in [2.24, 2.45) is 0 Å². The van der Waals surface area contributed by atoms with Gasteiger partial charge in [-0.3, -0.25) is 4.90 Å². The zero-order valence-electron chi connectivity index (χ0n) is 12.0. The van der Waals surface area contributed by atoms with Gasteiger partial charge in [0.2, 0.25) is 0 Å². The molecular weight excluding hydrogens is 208 g/mol. The van der Waals surface area contributed by atoms with Crippen LogP contribution < -0.4 is 5.32 Å². The van der Waals surface area contributed by atoms with E-state index in [2.05, 4.69) is 31.0 Å². The van der Waals surface area contributed by atoms with Crippen molar-refractivity contribution in [1.82, 2.24) is 10.2 Å². The van der Waals surface area contributed by atoms with Crippen molar-refractivity contribution < 1.29 is 0 Å². The largest absolute Gasteiger partial charge is 0.311 e. The summed E-state index contributed by atoms with van der Waals surface area (Å²) in [6.07, 6.45) is 9.69. The molecule has 2 heteroatoms. The zero-order valence-corrected chi connectivity index (χ0v) is 12.0. The molecule has 0 spiro atoms. The van der Waals surface area contributed by atoms with E-state index in [0.717, 1.165) is 12.1 Å². The number of nitrogens with zero attached hydrogens (tertiary/aromatic N) is 1. The molecule has 1 aliphatic heterocycles. The normalized spacial score (nSPS) is 36.5. The second kappa shape index (κ2) is 5.71. The van der Waals surface area contributed by atoms with Gasteiger partial charge in [0.15, 0.2) is 0 Å². The van der Waals surface area contributed by atoms with E-state index < -0.39 is 0 Å². The number of nitrogens with one attached hydrogen (secondary N) is 1. The summed E-state index contributed by atoms with van der Waals surface area (Å²) in [4.78, 5) is 2.86. The second-order valence-electron chi connectivity index (χ2n) is 6.31. The molecule has 1 saturated heterocycles. The van der Waals surface area contributed by atoms with Crippen LogP contribution in [0.2, 0.25) is 0 Å². The van der Waals surface area contributed by atoms with Gasteiger partial charge in [-0.25, -0.2) is 0 Å². The summed E-state index contributed by atoms with van der Waals surface area (Å²) in [6, 6.07) is 1.61. The summed E-state index contributed by atoms with van der Waals surface area (Å²) in [6.45, 7) is 9.58. The van der Waals surface area contributed by atoms with Crippen molar-refractivity contribution in [2.75, 3.05) is 13.1 Å². The molecule has 0 aromatic carbocycles. The van der Waals surface area contributed by atoms with Crippen molar-refractivity contribution >= 4 is 0 Å². The summed E-state index contributed by atoms with van der Waals surface area (Å²) in [7, 11) is 0. The van der Waals surface area contributed by atoms with Gasteiger partial charge in [-0.05, 0) is 32.6 Å². The fraction of sp³-hybridized carbons (Fsp3) is 1.00. The van der Waals surface area contributed by atoms with Crippen LogP contribution in [0.3, 0.4) is 0 Å².